The normalized spacial score (nSPS) is 17.1. The average molecular weight is 962 g/mol. The number of nitrogens with zero attached hydrogens (tertiary/aromatic N) is 2. The van der Waals surface area contributed by atoms with Gasteiger partial charge in [0.15, 0.2) is 5.71 Å². The zero-order valence-electron chi connectivity index (χ0n) is 35.9. The molecule has 18 heteroatoms. The zero-order valence-corrected chi connectivity index (χ0v) is 39.2. The fourth-order valence-electron chi connectivity index (χ4n) is 9.07. The van der Waals surface area contributed by atoms with Gasteiger partial charge in [-0.2, -0.15) is 29.8 Å². The van der Waals surface area contributed by atoms with Gasteiger partial charge in [0.05, 0.1) is 33.9 Å². The summed E-state index contributed by atoms with van der Waals surface area (Å²) in [4.78, 5) is 2.49. The molecule has 0 amide bonds. The van der Waals surface area contributed by atoms with Crippen LogP contribution in [0.2, 0.25) is 0 Å². The predicted octanol–water partition coefficient (Wildman–Crippen LogP) is 9.48. The van der Waals surface area contributed by atoms with Crippen molar-refractivity contribution in [3.63, 3.8) is 0 Å². The van der Waals surface area contributed by atoms with Crippen molar-refractivity contribution >= 4 is 86.6 Å². The first-order valence-corrected chi connectivity index (χ1v) is 25.9. The Balaban J connectivity index is 1.29. The first kappa shape index (κ1) is 48.0. The lowest BCUT2D eigenvalue weighted by Gasteiger charge is -2.27. The van der Waals surface area contributed by atoms with E-state index in [9.17, 15) is 38.9 Å². The standard InChI is InChI=1S/C47H48N2O12S4/c1-46(2)42(48(26-10-28-63(51,52)53)40-24-18-34-30-36(62-61-60-50)20-22-38(34)44(40)46)16-8-14-33(32-12-6-5-7-13-32)15-9-17-43-47(3,4)45-39-23-21-37(65(57,58)59)31-35(39)19-25-41(45)49(43)27-11-29-64(54,55)56/h5-9,12-25,30-31H,10-11,26-29H2,1-4H3,(H3-,50,51,52,53,54,55,56,57,58,59)/p+1. The van der Waals surface area contributed by atoms with Crippen molar-refractivity contribution in [3.8, 4) is 0 Å². The van der Waals surface area contributed by atoms with Crippen molar-refractivity contribution in [2.24, 2.45) is 0 Å². The number of fused-ring (bicyclic) bond motifs is 6. The van der Waals surface area contributed by atoms with Crippen LogP contribution in [0.5, 0.6) is 0 Å². The molecule has 0 aromatic heterocycles. The van der Waals surface area contributed by atoms with Crippen LogP contribution in [-0.2, 0) is 50.6 Å². The zero-order chi connectivity index (χ0) is 47.0. The quantitative estimate of drug-likeness (QED) is 0.0171. The highest BCUT2D eigenvalue weighted by molar-refractivity contribution is 7.94. The van der Waals surface area contributed by atoms with E-state index in [0.29, 0.717) is 16.8 Å². The summed E-state index contributed by atoms with van der Waals surface area (Å²) in [5, 5.41) is 15.7. The predicted molar refractivity (Wildman–Crippen MR) is 254 cm³/mol. The Labute approximate surface area is 383 Å². The van der Waals surface area contributed by atoms with E-state index in [1.165, 1.54) is 12.1 Å². The molecular formula is C47H49N2O12S4+. The lowest BCUT2D eigenvalue weighted by Crippen LogP contribution is -2.28. The van der Waals surface area contributed by atoms with Gasteiger partial charge in [0.1, 0.15) is 6.54 Å². The average Bonchev–Trinajstić information content (AvgIpc) is 3.59. The number of benzene rings is 5. The summed E-state index contributed by atoms with van der Waals surface area (Å²) in [7, 11) is -12.9. The molecular weight excluding hydrogens is 913 g/mol. The van der Waals surface area contributed by atoms with Gasteiger partial charge in [-0.15, -0.1) is 4.33 Å². The molecule has 5 aromatic carbocycles. The van der Waals surface area contributed by atoms with Crippen molar-refractivity contribution < 1.29 is 58.1 Å². The second-order valence-corrected chi connectivity index (χ2v) is 22.2. The Morgan fingerprint density at radius 2 is 1.42 bits per heavy atom. The summed E-state index contributed by atoms with van der Waals surface area (Å²) < 4.78 is 107. The van der Waals surface area contributed by atoms with E-state index < -0.39 is 52.7 Å². The van der Waals surface area contributed by atoms with Gasteiger partial charge in [0, 0.05) is 52.4 Å². The molecule has 0 aliphatic carbocycles. The lowest BCUT2D eigenvalue weighted by molar-refractivity contribution is -0.437. The Morgan fingerprint density at radius 3 is 2.11 bits per heavy atom. The molecule has 0 unspecified atom stereocenters. The van der Waals surface area contributed by atoms with Gasteiger partial charge < -0.3 is 4.90 Å². The van der Waals surface area contributed by atoms with E-state index in [0.717, 1.165) is 73.2 Å². The summed E-state index contributed by atoms with van der Waals surface area (Å²) in [6.07, 6.45) is 12.1. The van der Waals surface area contributed by atoms with Gasteiger partial charge in [-0.3, -0.25) is 13.7 Å². The van der Waals surface area contributed by atoms with Crippen LogP contribution in [0.3, 0.4) is 0 Å². The minimum Gasteiger partial charge on any atom is -0.344 e. The fourth-order valence-corrected chi connectivity index (χ4v) is 11.0. The number of anilines is 1. The number of hydrogen-bond donors (Lipinski definition) is 4. The first-order valence-electron chi connectivity index (χ1n) is 20.5. The molecule has 4 N–H and O–H groups in total. The Morgan fingerprint density at radius 1 is 0.754 bits per heavy atom. The fraction of sp³-hybridized carbons (Fsp3) is 0.255. The van der Waals surface area contributed by atoms with Gasteiger partial charge in [0.25, 0.3) is 30.4 Å². The van der Waals surface area contributed by atoms with Crippen molar-refractivity contribution in [1.82, 2.24) is 0 Å². The first-order chi connectivity index (χ1) is 30.6. The van der Waals surface area contributed by atoms with E-state index in [1.807, 2.05) is 122 Å². The smallest absolute Gasteiger partial charge is 0.294 e. The molecule has 0 fully saturated rings. The monoisotopic (exact) mass is 961 g/mol. The third kappa shape index (κ3) is 10.5. The van der Waals surface area contributed by atoms with E-state index in [1.54, 1.807) is 12.1 Å². The Kier molecular flexibility index (Phi) is 13.8. The molecule has 0 spiro atoms. The second kappa shape index (κ2) is 18.7. The number of rotatable bonds is 17. The maximum Gasteiger partial charge on any atom is 0.294 e. The number of allylic oxidation sites excluding steroid dienone is 8. The molecule has 65 heavy (non-hydrogen) atoms. The van der Waals surface area contributed by atoms with Crippen LogP contribution in [0.15, 0.2) is 143 Å². The van der Waals surface area contributed by atoms with Crippen molar-refractivity contribution in [1.29, 1.82) is 0 Å². The highest BCUT2D eigenvalue weighted by Gasteiger charge is 2.45. The molecule has 14 nitrogen and oxygen atoms in total. The van der Waals surface area contributed by atoms with Gasteiger partial charge in [-0.05, 0) is 101 Å². The topological polar surface area (TPSA) is 208 Å². The highest BCUT2D eigenvalue weighted by Crippen LogP contribution is 2.51. The third-order valence-corrected chi connectivity index (χ3v) is 14.9. The molecule has 0 saturated carbocycles. The molecule has 2 aliphatic heterocycles. The molecule has 2 aliphatic rings. The van der Waals surface area contributed by atoms with Gasteiger partial charge in [-0.1, -0.05) is 91.7 Å². The molecule has 0 bridgehead atoms. The molecule has 2 heterocycles. The molecule has 0 atom stereocenters. The summed E-state index contributed by atoms with van der Waals surface area (Å²) >= 11 is 0.860. The molecule has 342 valence electrons. The lowest BCUT2D eigenvalue weighted by atomic mass is 9.79. The third-order valence-electron chi connectivity index (χ3n) is 11.8. The van der Waals surface area contributed by atoms with Gasteiger partial charge in [0.2, 0.25) is 5.69 Å². The van der Waals surface area contributed by atoms with Crippen LogP contribution < -0.4 is 4.90 Å². The van der Waals surface area contributed by atoms with Crippen molar-refractivity contribution in [2.75, 3.05) is 29.5 Å². The minimum absolute atomic E-state index is 0.131. The van der Waals surface area contributed by atoms with Crippen molar-refractivity contribution in [2.45, 2.75) is 61.2 Å². The second-order valence-electron chi connectivity index (χ2n) is 16.9. The van der Waals surface area contributed by atoms with Crippen LogP contribution in [0.1, 0.15) is 57.2 Å². The van der Waals surface area contributed by atoms with Gasteiger partial charge >= 0.3 is 0 Å². The SMILES string of the molecule is CC1(C)C(=CC=CC(=CC=CC2=[N+](CCCS(=O)(=O)O)c3ccc4cc(SOOO)ccc4c3C2(C)C)c2ccccc2)N(CCCS(=O)(=O)O)c2ccc3cc(S(=O)(=O)O)ccc3c21. The largest absolute Gasteiger partial charge is 0.344 e. The van der Waals surface area contributed by atoms with E-state index in [2.05, 4.69) is 27.8 Å². The van der Waals surface area contributed by atoms with Crippen LogP contribution in [0.25, 0.3) is 27.1 Å². The summed E-state index contributed by atoms with van der Waals surface area (Å²) in [5.74, 6) is -0.840. The maximum atomic E-state index is 12.0. The van der Waals surface area contributed by atoms with E-state index in [4.69, 9.17) is 5.26 Å². The molecule has 5 aromatic rings. The van der Waals surface area contributed by atoms with Crippen molar-refractivity contribution in [3.05, 3.63) is 150 Å². The maximum absolute atomic E-state index is 12.0. The Bertz CT molecular complexity index is 3180. The molecule has 7 rings (SSSR count). The number of hydrogen-bond acceptors (Lipinski definition) is 11. The van der Waals surface area contributed by atoms with Crippen LogP contribution in [0.4, 0.5) is 11.4 Å². The molecule has 0 saturated heterocycles. The van der Waals surface area contributed by atoms with Crippen LogP contribution in [0, 0.1) is 0 Å². The Hall–Kier alpha value is -4.99. The van der Waals surface area contributed by atoms with Crippen LogP contribution in [-0.4, -0.2) is 79.1 Å². The summed E-state index contributed by atoms with van der Waals surface area (Å²) in [5.41, 5.74) is 5.90. The highest BCUT2D eigenvalue weighted by atomic mass is 32.2. The molecule has 0 radical (unpaired) electrons. The minimum atomic E-state index is -4.45. The van der Waals surface area contributed by atoms with Crippen LogP contribution >= 0.6 is 12.0 Å². The summed E-state index contributed by atoms with van der Waals surface area (Å²) in [6.45, 7) is 8.84. The van der Waals surface area contributed by atoms with E-state index >= 15 is 0 Å². The summed E-state index contributed by atoms with van der Waals surface area (Å²) in [6, 6.07) is 27.5. The van der Waals surface area contributed by atoms with E-state index in [-0.39, 0.29) is 24.3 Å². The van der Waals surface area contributed by atoms with Gasteiger partial charge in [-0.25, -0.2) is 5.26 Å².